The van der Waals surface area contributed by atoms with Crippen molar-refractivity contribution in [2.75, 3.05) is 0 Å². The van der Waals surface area contributed by atoms with Crippen LogP contribution in [0.1, 0.15) is 264 Å². The van der Waals surface area contributed by atoms with E-state index in [1.165, 1.54) is 148 Å². The van der Waals surface area contributed by atoms with Gasteiger partial charge in [0.1, 0.15) is 5.78 Å². The predicted octanol–water partition coefficient (Wildman–Crippen LogP) is 19.2. The number of fused-ring (bicyclic) bond motifs is 3. The molecule has 12 aliphatic rings. The molecule has 9 fully saturated rings. The lowest BCUT2D eigenvalue weighted by Crippen LogP contribution is -2.50. The molecule has 9 saturated carbocycles. The van der Waals surface area contributed by atoms with E-state index in [2.05, 4.69) is 74.5 Å². The fourth-order valence-electron chi connectivity index (χ4n) is 19.7. The molecule has 0 amide bonds. The second-order valence-corrected chi connectivity index (χ2v) is 26.0. The normalized spacial score (nSPS) is 45.7. The van der Waals surface area contributed by atoms with E-state index in [1.54, 1.807) is 32.6 Å². The fraction of sp³-hybridized carbons (Fsp3) is 0.919. The molecular formula is C62H108O. The number of ketones is 1. The summed E-state index contributed by atoms with van der Waals surface area (Å²) in [5.74, 6) is 11.9. The van der Waals surface area contributed by atoms with Gasteiger partial charge in [-0.25, -0.2) is 0 Å². The topological polar surface area (TPSA) is 17.1 Å². The molecular weight excluding hydrogens is 761 g/mol. The SMILES string of the molecule is CC.CC(=O)CC1CCC23C(=CCC24C2CCCC2(C)CCC34)C1.CCC1CCCC2CCC3C4CC=C5CC(CCC1C)CCC5(C)C4CCC23C.CCCCC(CC)C(C)C.[HH]. The Morgan fingerprint density at radius 3 is 2.27 bits per heavy atom. The van der Waals surface area contributed by atoms with Gasteiger partial charge in [0, 0.05) is 13.3 Å². The van der Waals surface area contributed by atoms with E-state index in [4.69, 9.17) is 0 Å². The highest BCUT2D eigenvalue weighted by atomic mass is 16.1. The third-order valence-electron chi connectivity index (χ3n) is 23.2. The lowest BCUT2D eigenvalue weighted by molar-refractivity contribution is -0.118. The molecule has 1 heteroatoms. The lowest BCUT2D eigenvalue weighted by Gasteiger charge is -2.58. The van der Waals surface area contributed by atoms with Gasteiger partial charge in [-0.2, -0.15) is 0 Å². The van der Waals surface area contributed by atoms with Crippen LogP contribution in [-0.4, -0.2) is 5.78 Å². The van der Waals surface area contributed by atoms with Gasteiger partial charge in [-0.3, -0.25) is 0 Å². The summed E-state index contributed by atoms with van der Waals surface area (Å²) in [4.78, 5) is 11.5. The van der Waals surface area contributed by atoms with E-state index in [9.17, 15) is 4.79 Å². The molecule has 0 heterocycles. The molecule has 0 aliphatic heterocycles. The van der Waals surface area contributed by atoms with Gasteiger partial charge in [-0.15, -0.1) is 0 Å². The third-order valence-corrected chi connectivity index (χ3v) is 23.2. The highest BCUT2D eigenvalue weighted by Gasteiger charge is 2.83. The first-order valence-corrected chi connectivity index (χ1v) is 29.1. The van der Waals surface area contributed by atoms with E-state index in [0.29, 0.717) is 38.8 Å². The van der Waals surface area contributed by atoms with Crippen LogP contribution >= 0.6 is 0 Å². The van der Waals surface area contributed by atoms with Crippen LogP contribution in [0.4, 0.5) is 0 Å². The Hall–Kier alpha value is -0.850. The minimum absolute atomic E-state index is 0. The van der Waals surface area contributed by atoms with Crippen LogP contribution in [0.2, 0.25) is 0 Å². The molecule has 12 aliphatic carbocycles. The summed E-state index contributed by atoms with van der Waals surface area (Å²) in [7, 11) is 0. The molecule has 0 saturated heterocycles. The number of rotatable bonds is 8. The molecule has 2 spiro atoms. The number of allylic oxidation sites excluding steroid dienone is 4. The van der Waals surface area contributed by atoms with Gasteiger partial charge in [0.2, 0.25) is 0 Å². The molecule has 8 bridgehead atoms. The van der Waals surface area contributed by atoms with Gasteiger partial charge in [0.25, 0.3) is 0 Å². The molecule has 16 atom stereocenters. The number of unbranched alkanes of at least 4 members (excludes halogenated alkanes) is 1. The number of carbonyl (C=O) groups is 1. The zero-order valence-electron chi connectivity index (χ0n) is 44.3. The Kier molecular flexibility index (Phi) is 16.2. The van der Waals surface area contributed by atoms with Gasteiger partial charge >= 0.3 is 0 Å². The van der Waals surface area contributed by atoms with E-state index >= 15 is 0 Å². The summed E-state index contributed by atoms with van der Waals surface area (Å²) in [6, 6.07) is 0. The number of Topliss-reactive ketones (excluding diaryl/α,β-unsaturated/α-hetero) is 1. The fourth-order valence-corrected chi connectivity index (χ4v) is 19.7. The summed E-state index contributed by atoms with van der Waals surface area (Å²) in [6.07, 6.45) is 45.7. The maximum atomic E-state index is 11.5. The summed E-state index contributed by atoms with van der Waals surface area (Å²) in [5.41, 5.74) is 6.93. The highest BCUT2D eigenvalue weighted by molar-refractivity contribution is 5.75. The summed E-state index contributed by atoms with van der Waals surface area (Å²) >= 11 is 0. The Bertz CT molecular complexity index is 1590. The second kappa shape index (κ2) is 20.4. The smallest absolute Gasteiger partial charge is 0.130 e. The van der Waals surface area contributed by atoms with Crippen LogP contribution in [0.3, 0.4) is 0 Å². The molecule has 362 valence electrons. The van der Waals surface area contributed by atoms with Crippen molar-refractivity contribution in [2.24, 2.45) is 98.1 Å². The van der Waals surface area contributed by atoms with Gasteiger partial charge < -0.3 is 4.79 Å². The Morgan fingerprint density at radius 2 is 1.56 bits per heavy atom. The van der Waals surface area contributed by atoms with E-state index in [-0.39, 0.29) is 1.43 Å². The first kappa shape index (κ1) is 50.0. The van der Waals surface area contributed by atoms with Crippen molar-refractivity contribution in [1.82, 2.24) is 0 Å². The maximum Gasteiger partial charge on any atom is 0.130 e. The van der Waals surface area contributed by atoms with Gasteiger partial charge in [-0.1, -0.05) is 157 Å². The van der Waals surface area contributed by atoms with Gasteiger partial charge in [-0.05, 0) is 215 Å². The zero-order valence-corrected chi connectivity index (χ0v) is 44.3. The molecule has 12 rings (SSSR count). The first-order chi connectivity index (χ1) is 30.2. The monoisotopic (exact) mass is 869 g/mol. The summed E-state index contributed by atoms with van der Waals surface area (Å²) in [5, 5.41) is 0. The van der Waals surface area contributed by atoms with Crippen molar-refractivity contribution in [3.63, 3.8) is 0 Å². The van der Waals surface area contributed by atoms with E-state index in [1.807, 2.05) is 25.0 Å². The Labute approximate surface area is 394 Å². The largest absolute Gasteiger partial charge is 0.300 e. The average molecular weight is 870 g/mol. The van der Waals surface area contributed by atoms with Crippen molar-refractivity contribution in [2.45, 2.75) is 263 Å². The standard InChI is InChI=1S/C29H48.C21H30O.C10H22.C2H6.H2/c1-5-22-7-6-8-23-12-14-26-25-13-11-24-19-21(10-9-20(22)2)15-17-29(24,4)27(25)16-18-28(23,26)3;1-14(22)12-15-5-10-20-16(13-15)6-11-21(20)17-4-3-8-19(17,2)9-7-18(20)21;1-5-7-8-10(6-2)9(3)4;1-2;/h11,20-23,25-27H,5-10,12-19H2,1-4H3;6,15,17-18H,3-5,7-13H2,1-2H3;9-10H,5-8H2,1-4H3;1-2H3;1H. The predicted molar refractivity (Wildman–Crippen MR) is 275 cm³/mol. The molecule has 1 nitrogen and oxygen atoms in total. The summed E-state index contributed by atoms with van der Waals surface area (Å²) < 4.78 is 0. The minimum atomic E-state index is 0. The van der Waals surface area contributed by atoms with E-state index in [0.717, 1.165) is 71.5 Å². The van der Waals surface area contributed by atoms with Crippen molar-refractivity contribution in [3.8, 4) is 0 Å². The third kappa shape index (κ3) is 9.00. The van der Waals surface area contributed by atoms with Crippen LogP contribution in [0.25, 0.3) is 0 Å². The van der Waals surface area contributed by atoms with Crippen molar-refractivity contribution in [1.29, 1.82) is 0 Å². The van der Waals surface area contributed by atoms with Crippen LogP contribution in [0.15, 0.2) is 23.3 Å². The van der Waals surface area contributed by atoms with Crippen molar-refractivity contribution < 1.29 is 6.22 Å². The van der Waals surface area contributed by atoms with Gasteiger partial charge in [0.15, 0.2) is 0 Å². The Balaban J connectivity index is 0.000000172. The molecule has 0 aromatic carbocycles. The quantitative estimate of drug-likeness (QED) is 0.222. The lowest BCUT2D eigenvalue weighted by atomic mass is 9.46. The molecule has 63 heavy (non-hydrogen) atoms. The molecule has 0 N–H and O–H groups in total. The van der Waals surface area contributed by atoms with Crippen LogP contribution < -0.4 is 0 Å². The molecule has 0 aromatic rings. The average Bonchev–Trinajstić information content (AvgIpc) is 3.60. The minimum Gasteiger partial charge on any atom is -0.300 e. The molecule has 16 unspecified atom stereocenters. The zero-order chi connectivity index (χ0) is 45.4. The van der Waals surface area contributed by atoms with Crippen molar-refractivity contribution >= 4 is 5.78 Å². The summed E-state index contributed by atoms with van der Waals surface area (Å²) in [6.45, 7) is 28.1. The Morgan fingerprint density at radius 1 is 0.762 bits per heavy atom. The van der Waals surface area contributed by atoms with Crippen LogP contribution in [0, 0.1) is 98.1 Å². The molecule has 0 radical (unpaired) electrons. The number of carbonyl (C=O) groups excluding carboxylic acids is 1. The van der Waals surface area contributed by atoms with Crippen LogP contribution in [-0.2, 0) is 4.79 Å². The maximum absolute atomic E-state index is 11.5. The number of hydrogen-bond donors (Lipinski definition) is 0. The van der Waals surface area contributed by atoms with Crippen molar-refractivity contribution in [3.05, 3.63) is 23.3 Å². The highest BCUT2D eigenvalue weighted by Crippen LogP contribution is 2.90. The number of hydrogen-bond acceptors (Lipinski definition) is 1. The molecule has 0 aromatic heterocycles. The van der Waals surface area contributed by atoms with E-state index < -0.39 is 0 Å². The second-order valence-electron chi connectivity index (χ2n) is 26.0. The first-order valence-electron chi connectivity index (χ1n) is 29.1. The van der Waals surface area contributed by atoms with Gasteiger partial charge in [0.05, 0.1) is 0 Å². The van der Waals surface area contributed by atoms with Crippen LogP contribution in [0.5, 0.6) is 0 Å².